The first-order chi connectivity index (χ1) is 9.04. The molecule has 2 aromatic rings. The topological polar surface area (TPSA) is 97.2 Å². The maximum Gasteiger partial charge on any atom is 0.335 e. The highest BCUT2D eigenvalue weighted by Crippen LogP contribution is 2.16. The Morgan fingerprint density at radius 1 is 1.42 bits per heavy atom. The van der Waals surface area contributed by atoms with E-state index in [-0.39, 0.29) is 5.56 Å². The maximum absolute atomic E-state index is 11.7. The molecule has 7 heteroatoms. The van der Waals surface area contributed by atoms with E-state index in [0.29, 0.717) is 18.2 Å². The fourth-order valence-electron chi connectivity index (χ4n) is 1.59. The first-order valence-electron chi connectivity index (χ1n) is 5.68. The Hall–Kier alpha value is -2.57. The molecule has 0 saturated heterocycles. The van der Waals surface area contributed by atoms with Gasteiger partial charge in [-0.2, -0.15) is 0 Å². The van der Waals surface area contributed by atoms with Crippen molar-refractivity contribution in [3.05, 3.63) is 44.7 Å². The molecular weight excluding hydrogens is 250 g/mol. The number of pyridine rings is 1. The Bertz CT molecular complexity index is 700. The van der Waals surface area contributed by atoms with Crippen molar-refractivity contribution >= 4 is 0 Å². The van der Waals surface area contributed by atoms with Gasteiger partial charge in [0.05, 0.1) is 24.1 Å². The molecule has 0 aromatic carbocycles. The molecule has 100 valence electrons. The van der Waals surface area contributed by atoms with E-state index in [2.05, 4.69) is 9.97 Å². The van der Waals surface area contributed by atoms with Crippen molar-refractivity contribution in [2.75, 3.05) is 6.61 Å². The lowest BCUT2D eigenvalue weighted by atomic mass is 10.3. The zero-order valence-corrected chi connectivity index (χ0v) is 10.5. The van der Waals surface area contributed by atoms with Crippen molar-refractivity contribution in [1.82, 2.24) is 14.5 Å². The smallest absolute Gasteiger partial charge is 0.335 e. The van der Waals surface area contributed by atoms with Crippen LogP contribution in [0.2, 0.25) is 0 Å². The third-order valence-electron chi connectivity index (χ3n) is 2.58. The van der Waals surface area contributed by atoms with Crippen LogP contribution in [-0.2, 0) is 0 Å². The standard InChI is InChI=1S/C12H13N3O4/c1-3-19-9-5-4-8(6-13-9)15-11(17)7(2)10(16)14-12(15)18/h4-6,17H,3H2,1-2H3,(H,14,16,18). The van der Waals surface area contributed by atoms with Gasteiger partial charge < -0.3 is 9.84 Å². The molecule has 0 unspecified atom stereocenters. The molecule has 0 fully saturated rings. The quantitative estimate of drug-likeness (QED) is 0.831. The third kappa shape index (κ3) is 2.35. The monoisotopic (exact) mass is 263 g/mol. The van der Waals surface area contributed by atoms with Gasteiger partial charge in [-0.3, -0.25) is 9.78 Å². The second-order valence-electron chi connectivity index (χ2n) is 3.83. The molecule has 0 atom stereocenters. The Labute approximate surface area is 108 Å². The number of nitrogens with one attached hydrogen (secondary N) is 1. The summed E-state index contributed by atoms with van der Waals surface area (Å²) in [5.41, 5.74) is -0.935. The van der Waals surface area contributed by atoms with Crippen LogP contribution in [0.25, 0.3) is 5.69 Å². The molecule has 0 saturated carbocycles. The Kier molecular flexibility index (Phi) is 3.37. The lowest BCUT2D eigenvalue weighted by molar-refractivity contribution is 0.326. The fourth-order valence-corrected chi connectivity index (χ4v) is 1.59. The molecule has 2 N–H and O–H groups in total. The number of aromatic nitrogens is 3. The molecule has 0 aliphatic carbocycles. The number of hydrogen-bond acceptors (Lipinski definition) is 5. The molecule has 0 aliphatic heterocycles. The number of aromatic hydroxyl groups is 1. The van der Waals surface area contributed by atoms with E-state index in [0.717, 1.165) is 4.57 Å². The minimum atomic E-state index is -0.723. The van der Waals surface area contributed by atoms with Gasteiger partial charge in [0.1, 0.15) is 0 Å². The van der Waals surface area contributed by atoms with Gasteiger partial charge in [0.15, 0.2) is 0 Å². The molecule has 19 heavy (non-hydrogen) atoms. The van der Waals surface area contributed by atoms with E-state index in [9.17, 15) is 14.7 Å². The van der Waals surface area contributed by atoms with Crippen molar-refractivity contribution < 1.29 is 9.84 Å². The molecule has 7 nitrogen and oxygen atoms in total. The Balaban J connectivity index is 2.56. The van der Waals surface area contributed by atoms with Crippen LogP contribution in [0.5, 0.6) is 11.8 Å². The summed E-state index contributed by atoms with van der Waals surface area (Å²) in [5, 5.41) is 9.87. The molecule has 0 bridgehead atoms. The number of aromatic amines is 1. The summed E-state index contributed by atoms with van der Waals surface area (Å²) < 4.78 is 6.15. The van der Waals surface area contributed by atoms with Gasteiger partial charge in [0.2, 0.25) is 11.8 Å². The van der Waals surface area contributed by atoms with Gasteiger partial charge >= 0.3 is 5.69 Å². The summed E-state index contributed by atoms with van der Waals surface area (Å²) in [6.45, 7) is 3.73. The average molecular weight is 263 g/mol. The molecule has 2 rings (SSSR count). The van der Waals surface area contributed by atoms with Crippen molar-refractivity contribution in [2.24, 2.45) is 0 Å². The molecular formula is C12H13N3O4. The van der Waals surface area contributed by atoms with Gasteiger partial charge in [-0.15, -0.1) is 0 Å². The number of rotatable bonds is 3. The predicted molar refractivity (Wildman–Crippen MR) is 68.0 cm³/mol. The highest BCUT2D eigenvalue weighted by Gasteiger charge is 2.12. The van der Waals surface area contributed by atoms with Crippen LogP contribution < -0.4 is 16.0 Å². The molecule has 0 aliphatic rings. The SMILES string of the molecule is CCOc1ccc(-n2c(O)c(C)c(=O)[nH]c2=O)cn1. The van der Waals surface area contributed by atoms with Crippen LogP contribution in [0.1, 0.15) is 12.5 Å². The number of nitrogens with zero attached hydrogens (tertiary/aromatic N) is 2. The maximum atomic E-state index is 11.7. The van der Waals surface area contributed by atoms with Gasteiger partial charge in [-0.25, -0.2) is 14.3 Å². The van der Waals surface area contributed by atoms with Crippen LogP contribution in [0.3, 0.4) is 0 Å². The lowest BCUT2D eigenvalue weighted by Gasteiger charge is -2.09. The third-order valence-corrected chi connectivity index (χ3v) is 2.58. The van der Waals surface area contributed by atoms with Crippen molar-refractivity contribution in [3.63, 3.8) is 0 Å². The highest BCUT2D eigenvalue weighted by molar-refractivity contribution is 5.37. The van der Waals surface area contributed by atoms with Crippen molar-refractivity contribution in [1.29, 1.82) is 0 Å². The summed E-state index contributed by atoms with van der Waals surface area (Å²) in [7, 11) is 0. The second-order valence-corrected chi connectivity index (χ2v) is 3.83. The highest BCUT2D eigenvalue weighted by atomic mass is 16.5. The normalized spacial score (nSPS) is 10.4. The summed E-state index contributed by atoms with van der Waals surface area (Å²) in [5.74, 6) is 0.0136. The van der Waals surface area contributed by atoms with Crippen LogP contribution in [0.15, 0.2) is 27.9 Å². The summed E-state index contributed by atoms with van der Waals surface area (Å²) >= 11 is 0. The largest absolute Gasteiger partial charge is 0.494 e. The molecule has 0 radical (unpaired) electrons. The zero-order valence-electron chi connectivity index (χ0n) is 10.5. The van der Waals surface area contributed by atoms with E-state index in [4.69, 9.17) is 4.74 Å². The Morgan fingerprint density at radius 3 is 2.74 bits per heavy atom. The minimum Gasteiger partial charge on any atom is -0.494 e. The van der Waals surface area contributed by atoms with Crippen LogP contribution in [0, 0.1) is 6.92 Å². The minimum absolute atomic E-state index is 0.0634. The predicted octanol–water partition coefficient (Wildman–Crippen LogP) is 0.334. The van der Waals surface area contributed by atoms with Crippen molar-refractivity contribution in [3.8, 4) is 17.4 Å². The van der Waals surface area contributed by atoms with Crippen LogP contribution in [-0.4, -0.2) is 26.2 Å². The fraction of sp³-hybridized carbons (Fsp3) is 0.250. The summed E-state index contributed by atoms with van der Waals surface area (Å²) in [4.78, 5) is 29.1. The Morgan fingerprint density at radius 2 is 2.16 bits per heavy atom. The summed E-state index contributed by atoms with van der Waals surface area (Å²) in [6.07, 6.45) is 1.38. The van der Waals surface area contributed by atoms with E-state index in [1.807, 2.05) is 6.92 Å². The molecule has 2 heterocycles. The average Bonchev–Trinajstić information content (AvgIpc) is 2.38. The van der Waals surface area contributed by atoms with Crippen molar-refractivity contribution in [2.45, 2.75) is 13.8 Å². The number of H-pyrrole nitrogens is 1. The lowest BCUT2D eigenvalue weighted by Crippen LogP contribution is -2.30. The van der Waals surface area contributed by atoms with Crippen LogP contribution >= 0.6 is 0 Å². The van der Waals surface area contributed by atoms with E-state index in [1.165, 1.54) is 13.1 Å². The summed E-state index contributed by atoms with van der Waals surface area (Å²) in [6, 6.07) is 3.14. The van der Waals surface area contributed by atoms with Gasteiger partial charge in [-0.1, -0.05) is 0 Å². The van der Waals surface area contributed by atoms with Gasteiger partial charge in [-0.05, 0) is 19.9 Å². The molecule has 2 aromatic heterocycles. The van der Waals surface area contributed by atoms with Crippen LogP contribution in [0.4, 0.5) is 0 Å². The molecule has 0 amide bonds. The zero-order chi connectivity index (χ0) is 14.0. The van der Waals surface area contributed by atoms with E-state index < -0.39 is 17.1 Å². The number of hydrogen-bond donors (Lipinski definition) is 2. The first kappa shape index (κ1) is 12.9. The van der Waals surface area contributed by atoms with Gasteiger partial charge in [0, 0.05) is 6.07 Å². The second kappa shape index (κ2) is 4.97. The molecule has 0 spiro atoms. The first-order valence-corrected chi connectivity index (χ1v) is 5.68. The van der Waals surface area contributed by atoms with Gasteiger partial charge in [0.25, 0.3) is 5.56 Å². The van der Waals surface area contributed by atoms with E-state index >= 15 is 0 Å². The number of ether oxygens (including phenoxy) is 1. The van der Waals surface area contributed by atoms with E-state index in [1.54, 1.807) is 12.1 Å².